The van der Waals surface area contributed by atoms with Gasteiger partial charge < -0.3 is 14.2 Å². The summed E-state index contributed by atoms with van der Waals surface area (Å²) in [6.45, 7) is 6.17. The van der Waals surface area contributed by atoms with Crippen LogP contribution in [-0.2, 0) is 30.0 Å². The Balaban J connectivity index is 2.23. The van der Waals surface area contributed by atoms with Crippen molar-refractivity contribution < 1.29 is 32.0 Å². The van der Waals surface area contributed by atoms with Crippen molar-refractivity contribution in [3.05, 3.63) is 0 Å². The molecule has 152 valence electrons. The van der Waals surface area contributed by atoms with Gasteiger partial charge in [-0.3, -0.25) is 0 Å². The summed E-state index contributed by atoms with van der Waals surface area (Å²) in [7, 11) is -1.82. The van der Waals surface area contributed by atoms with Gasteiger partial charge in [0.2, 0.25) is 0 Å². The van der Waals surface area contributed by atoms with E-state index in [4.69, 9.17) is 9.47 Å². The van der Waals surface area contributed by atoms with Gasteiger partial charge in [0.25, 0.3) is 0 Å². The molecule has 1 heterocycles. The van der Waals surface area contributed by atoms with Crippen LogP contribution in [0, 0.1) is 0 Å². The van der Waals surface area contributed by atoms with E-state index in [0.717, 1.165) is 19.3 Å². The van der Waals surface area contributed by atoms with Crippen molar-refractivity contribution in [2.45, 2.75) is 88.4 Å². The number of nitrogens with one attached hydrogen (secondary N) is 1. The highest BCUT2D eigenvalue weighted by Crippen LogP contribution is 2.40. The van der Waals surface area contributed by atoms with Crippen LogP contribution in [0.3, 0.4) is 0 Å². The van der Waals surface area contributed by atoms with Gasteiger partial charge in [0, 0.05) is 12.8 Å². The SMILES string of the molecule is CCOC(=O)C(F)(F)C(NS(=O)C(C)(C)C)C1COC2(CCCCC2)O1. The molecular weight excluding hydrogens is 368 g/mol. The normalized spacial score (nSPS) is 25.8. The summed E-state index contributed by atoms with van der Waals surface area (Å²) in [6.07, 6.45) is 3.00. The molecule has 1 N–H and O–H groups in total. The summed E-state index contributed by atoms with van der Waals surface area (Å²) >= 11 is 0. The molecule has 0 aromatic carbocycles. The highest BCUT2D eigenvalue weighted by atomic mass is 32.2. The number of halogens is 2. The first-order valence-corrected chi connectivity index (χ1v) is 10.2. The minimum absolute atomic E-state index is 0.0893. The van der Waals surface area contributed by atoms with Crippen LogP contribution in [0.5, 0.6) is 0 Å². The predicted molar refractivity (Wildman–Crippen MR) is 93.0 cm³/mol. The smallest absolute Gasteiger partial charge is 0.378 e. The third-order valence-corrected chi connectivity index (χ3v) is 6.17. The van der Waals surface area contributed by atoms with Crippen LogP contribution in [0.25, 0.3) is 0 Å². The van der Waals surface area contributed by atoms with Gasteiger partial charge in [-0.2, -0.15) is 8.78 Å². The molecule has 1 aliphatic carbocycles. The summed E-state index contributed by atoms with van der Waals surface area (Å²) in [5.74, 6) is -6.43. The van der Waals surface area contributed by atoms with Gasteiger partial charge in [0.1, 0.15) is 12.1 Å². The lowest BCUT2D eigenvalue weighted by Gasteiger charge is -2.35. The Morgan fingerprint density at radius 3 is 2.46 bits per heavy atom. The summed E-state index contributed by atoms with van der Waals surface area (Å²) in [6, 6.07) is -1.80. The predicted octanol–water partition coefficient (Wildman–Crippen LogP) is 2.68. The molecule has 2 fully saturated rings. The number of hydrogen-bond donors (Lipinski definition) is 1. The van der Waals surface area contributed by atoms with Crippen molar-refractivity contribution in [3.63, 3.8) is 0 Å². The number of rotatable bonds is 6. The van der Waals surface area contributed by atoms with Crippen molar-refractivity contribution in [1.82, 2.24) is 4.72 Å². The van der Waals surface area contributed by atoms with Gasteiger partial charge in [-0.15, -0.1) is 0 Å². The summed E-state index contributed by atoms with van der Waals surface area (Å²) in [5.41, 5.74) is 0. The topological polar surface area (TPSA) is 73.9 Å². The molecule has 1 aliphatic heterocycles. The van der Waals surface area contributed by atoms with Crippen LogP contribution in [0.1, 0.15) is 59.8 Å². The largest absolute Gasteiger partial charge is 0.462 e. The Labute approximate surface area is 155 Å². The summed E-state index contributed by atoms with van der Waals surface area (Å²) in [5, 5.41) is 0. The first kappa shape index (κ1) is 21.7. The number of alkyl halides is 2. The first-order chi connectivity index (χ1) is 12.0. The van der Waals surface area contributed by atoms with E-state index < -0.39 is 45.6 Å². The van der Waals surface area contributed by atoms with Crippen LogP contribution in [-0.4, -0.2) is 52.0 Å². The van der Waals surface area contributed by atoms with E-state index in [9.17, 15) is 17.8 Å². The highest BCUT2D eigenvalue weighted by molar-refractivity contribution is 7.84. The number of hydrogen-bond acceptors (Lipinski definition) is 5. The fraction of sp³-hybridized carbons (Fsp3) is 0.941. The second kappa shape index (κ2) is 8.16. The van der Waals surface area contributed by atoms with Crippen molar-refractivity contribution in [2.75, 3.05) is 13.2 Å². The van der Waals surface area contributed by atoms with E-state index in [1.165, 1.54) is 6.92 Å². The van der Waals surface area contributed by atoms with Gasteiger partial charge in [-0.25, -0.2) is 13.7 Å². The lowest BCUT2D eigenvalue weighted by molar-refractivity contribution is -0.203. The lowest BCUT2D eigenvalue weighted by atomic mass is 9.94. The maximum Gasteiger partial charge on any atom is 0.378 e. The van der Waals surface area contributed by atoms with Crippen LogP contribution in [0.15, 0.2) is 0 Å². The van der Waals surface area contributed by atoms with Gasteiger partial charge in [0.05, 0.1) is 28.9 Å². The zero-order chi connectivity index (χ0) is 19.6. The number of carbonyl (C=O) groups is 1. The summed E-state index contributed by atoms with van der Waals surface area (Å²) < 4.78 is 59.8. The van der Waals surface area contributed by atoms with Gasteiger partial charge in [-0.05, 0) is 40.5 Å². The third-order valence-electron chi connectivity index (χ3n) is 4.59. The van der Waals surface area contributed by atoms with Crippen LogP contribution in [0.2, 0.25) is 0 Å². The number of esters is 1. The fourth-order valence-corrected chi connectivity index (χ4v) is 4.01. The van der Waals surface area contributed by atoms with E-state index in [2.05, 4.69) is 9.46 Å². The minimum atomic E-state index is -3.90. The molecule has 0 aromatic rings. The van der Waals surface area contributed by atoms with Crippen molar-refractivity contribution >= 4 is 17.0 Å². The van der Waals surface area contributed by atoms with E-state index >= 15 is 0 Å². The first-order valence-electron chi connectivity index (χ1n) is 9.07. The van der Waals surface area contributed by atoms with Gasteiger partial charge in [0.15, 0.2) is 5.79 Å². The Hall–Kier alpha value is -0.640. The van der Waals surface area contributed by atoms with E-state index in [1.807, 2.05) is 0 Å². The molecule has 1 saturated carbocycles. The molecule has 2 aliphatic rings. The van der Waals surface area contributed by atoms with Crippen molar-refractivity contribution in [1.29, 1.82) is 0 Å². The molecule has 6 nitrogen and oxygen atoms in total. The van der Waals surface area contributed by atoms with Gasteiger partial charge in [-0.1, -0.05) is 6.42 Å². The van der Waals surface area contributed by atoms with Crippen molar-refractivity contribution in [2.24, 2.45) is 0 Å². The Kier molecular flexibility index (Phi) is 6.80. The molecule has 0 amide bonds. The van der Waals surface area contributed by atoms with E-state index in [1.54, 1.807) is 20.8 Å². The molecule has 3 unspecified atom stereocenters. The second-order valence-electron chi connectivity index (χ2n) is 7.76. The fourth-order valence-electron chi connectivity index (χ4n) is 3.12. The zero-order valence-corrected chi connectivity index (χ0v) is 16.6. The average Bonchev–Trinajstić information content (AvgIpc) is 2.95. The molecule has 1 spiro atoms. The van der Waals surface area contributed by atoms with Crippen molar-refractivity contribution in [3.8, 4) is 0 Å². The average molecular weight is 397 g/mol. The molecule has 1 saturated heterocycles. The number of carbonyl (C=O) groups excluding carboxylic acids is 1. The minimum Gasteiger partial charge on any atom is -0.462 e. The maximum atomic E-state index is 14.8. The Bertz CT molecular complexity index is 532. The van der Waals surface area contributed by atoms with Crippen LogP contribution < -0.4 is 4.72 Å². The molecule has 26 heavy (non-hydrogen) atoms. The summed E-state index contributed by atoms with van der Waals surface area (Å²) in [4.78, 5) is 11.9. The molecule has 9 heteroatoms. The Morgan fingerprint density at radius 1 is 1.31 bits per heavy atom. The van der Waals surface area contributed by atoms with E-state index in [-0.39, 0.29) is 13.2 Å². The van der Waals surface area contributed by atoms with Gasteiger partial charge >= 0.3 is 11.9 Å². The molecular formula is C17H29F2NO5S. The number of ether oxygens (including phenoxy) is 3. The molecule has 2 rings (SSSR count). The zero-order valence-electron chi connectivity index (χ0n) is 15.8. The van der Waals surface area contributed by atoms with Crippen LogP contribution >= 0.6 is 0 Å². The van der Waals surface area contributed by atoms with E-state index in [0.29, 0.717) is 12.8 Å². The lowest BCUT2D eigenvalue weighted by Crippen LogP contribution is -2.59. The second-order valence-corrected chi connectivity index (χ2v) is 9.76. The molecule has 0 bridgehead atoms. The highest BCUT2D eigenvalue weighted by Gasteiger charge is 2.57. The molecule has 0 radical (unpaired) electrons. The maximum absolute atomic E-state index is 14.8. The standard InChI is InChI=1S/C17H29F2NO5S/c1-5-23-14(21)17(18,19)13(20-26(22)15(2,3)4)12-11-24-16(25-12)9-7-6-8-10-16/h12-13,20H,5-11H2,1-4H3. The Morgan fingerprint density at radius 2 is 1.92 bits per heavy atom. The third kappa shape index (κ3) is 4.79. The quantitative estimate of drug-likeness (QED) is 0.698. The molecule has 3 atom stereocenters. The van der Waals surface area contributed by atoms with Crippen LogP contribution in [0.4, 0.5) is 8.78 Å². The molecule has 0 aromatic heterocycles. The monoisotopic (exact) mass is 397 g/mol.